The number of aromatic nitrogens is 3. The second-order valence-corrected chi connectivity index (χ2v) is 5.57. The van der Waals surface area contributed by atoms with Crippen LogP contribution in [-0.2, 0) is 13.0 Å². The van der Waals surface area contributed by atoms with Crippen LogP contribution in [0, 0.1) is 6.92 Å². The zero-order valence-corrected chi connectivity index (χ0v) is 12.3. The molecule has 110 valence electrons. The van der Waals surface area contributed by atoms with E-state index in [0.717, 1.165) is 29.1 Å². The van der Waals surface area contributed by atoms with Crippen molar-refractivity contribution in [2.24, 2.45) is 0 Å². The predicted octanol–water partition coefficient (Wildman–Crippen LogP) is 2.22. The number of aryl methyl sites for hydroxylation is 3. The molecular weight excluding hydrogens is 276 g/mol. The van der Waals surface area contributed by atoms with Gasteiger partial charge in [0.2, 0.25) is 0 Å². The quantitative estimate of drug-likeness (QED) is 0.589. The van der Waals surface area contributed by atoms with Crippen molar-refractivity contribution in [1.29, 1.82) is 0 Å². The van der Waals surface area contributed by atoms with E-state index in [2.05, 4.69) is 4.98 Å². The molecule has 3 heterocycles. The Hall–Kier alpha value is -2.82. The number of hydrogen-bond acceptors (Lipinski definition) is 3. The number of anilines is 1. The van der Waals surface area contributed by atoms with E-state index in [1.165, 1.54) is 5.56 Å². The highest BCUT2D eigenvalue weighted by Gasteiger charge is 2.17. The fourth-order valence-electron chi connectivity index (χ4n) is 3.02. The van der Waals surface area contributed by atoms with Crippen LogP contribution in [0.5, 0.6) is 0 Å². The molecule has 0 aliphatic carbocycles. The molecule has 0 unspecified atom stereocenters. The van der Waals surface area contributed by atoms with Crippen LogP contribution in [-0.4, -0.2) is 14.0 Å². The van der Waals surface area contributed by atoms with Gasteiger partial charge in [0.1, 0.15) is 16.8 Å². The van der Waals surface area contributed by atoms with E-state index < -0.39 is 0 Å². The lowest BCUT2D eigenvalue weighted by atomic mass is 10.1. The summed E-state index contributed by atoms with van der Waals surface area (Å²) in [6, 6.07) is 13.6. The van der Waals surface area contributed by atoms with Crippen LogP contribution in [0.25, 0.3) is 16.8 Å². The molecule has 3 aromatic heterocycles. The molecule has 0 bridgehead atoms. The summed E-state index contributed by atoms with van der Waals surface area (Å²) in [5.41, 5.74) is 10.8. The largest absolute Gasteiger partial charge is 0.399 e. The third-order valence-electron chi connectivity index (χ3n) is 4.13. The van der Waals surface area contributed by atoms with Crippen molar-refractivity contribution in [1.82, 2.24) is 14.0 Å². The third-order valence-corrected chi connectivity index (χ3v) is 4.13. The zero-order chi connectivity index (χ0) is 15.3. The Morgan fingerprint density at radius 2 is 1.91 bits per heavy atom. The van der Waals surface area contributed by atoms with E-state index in [1.807, 2.05) is 58.4 Å². The molecule has 2 N–H and O–H groups in total. The summed E-state index contributed by atoms with van der Waals surface area (Å²) >= 11 is 0. The molecule has 0 aliphatic heterocycles. The molecule has 0 atom stereocenters. The third kappa shape index (κ3) is 1.79. The molecule has 22 heavy (non-hydrogen) atoms. The second kappa shape index (κ2) is 4.59. The van der Waals surface area contributed by atoms with E-state index in [9.17, 15) is 4.79 Å². The summed E-state index contributed by atoms with van der Waals surface area (Å²) in [6.07, 6.45) is 0.791. The monoisotopic (exact) mass is 292 g/mol. The lowest BCUT2D eigenvalue weighted by Gasteiger charge is -2.05. The van der Waals surface area contributed by atoms with Crippen LogP contribution < -0.4 is 11.3 Å². The maximum absolute atomic E-state index is 12.7. The molecule has 0 radical (unpaired) electrons. The molecule has 0 spiro atoms. The van der Waals surface area contributed by atoms with Gasteiger partial charge in [-0.25, -0.2) is 4.98 Å². The molecule has 5 heteroatoms. The highest BCUT2D eigenvalue weighted by Crippen LogP contribution is 2.17. The Kier molecular flexibility index (Phi) is 2.69. The van der Waals surface area contributed by atoms with Crippen molar-refractivity contribution in [2.45, 2.75) is 19.9 Å². The average molecular weight is 292 g/mol. The number of pyridine rings is 1. The predicted molar refractivity (Wildman–Crippen MR) is 87.4 cm³/mol. The molecule has 0 amide bonds. The lowest BCUT2D eigenvalue weighted by molar-refractivity contribution is 0.700. The Morgan fingerprint density at radius 1 is 1.14 bits per heavy atom. The molecular formula is C17H16N4O. The average Bonchev–Trinajstić information content (AvgIpc) is 2.99. The second-order valence-electron chi connectivity index (χ2n) is 5.57. The molecule has 0 saturated heterocycles. The van der Waals surface area contributed by atoms with E-state index in [0.29, 0.717) is 12.1 Å². The SMILES string of the molecule is Cc1nc2cccc3n(CCc4ccc(N)cc4)c(=O)c1n23. The van der Waals surface area contributed by atoms with Crippen molar-refractivity contribution in [3.8, 4) is 0 Å². The molecule has 4 rings (SSSR count). The maximum atomic E-state index is 12.7. The highest BCUT2D eigenvalue weighted by atomic mass is 16.1. The van der Waals surface area contributed by atoms with E-state index >= 15 is 0 Å². The summed E-state index contributed by atoms with van der Waals surface area (Å²) < 4.78 is 3.77. The van der Waals surface area contributed by atoms with Gasteiger partial charge in [-0.05, 0) is 43.2 Å². The first-order chi connectivity index (χ1) is 10.6. The highest BCUT2D eigenvalue weighted by molar-refractivity contribution is 5.69. The summed E-state index contributed by atoms with van der Waals surface area (Å²) in [5, 5.41) is 0. The number of nitrogen functional groups attached to an aromatic ring is 1. The summed E-state index contributed by atoms with van der Waals surface area (Å²) in [4.78, 5) is 17.1. The lowest BCUT2D eigenvalue weighted by Crippen LogP contribution is -2.17. The Morgan fingerprint density at radius 3 is 2.68 bits per heavy atom. The molecule has 5 nitrogen and oxygen atoms in total. The number of nitrogens with two attached hydrogens (primary N) is 1. The fraction of sp³-hybridized carbons (Fsp3) is 0.176. The summed E-state index contributed by atoms with van der Waals surface area (Å²) in [7, 11) is 0. The minimum absolute atomic E-state index is 0.0293. The smallest absolute Gasteiger partial charge is 0.278 e. The number of imidazole rings is 2. The van der Waals surface area contributed by atoms with Gasteiger partial charge in [0.05, 0.1) is 5.69 Å². The van der Waals surface area contributed by atoms with Crippen molar-refractivity contribution in [2.75, 3.05) is 5.73 Å². The van der Waals surface area contributed by atoms with Gasteiger partial charge in [-0.3, -0.25) is 13.8 Å². The Labute approximate surface area is 127 Å². The van der Waals surface area contributed by atoms with Crippen molar-refractivity contribution < 1.29 is 0 Å². The summed E-state index contributed by atoms with van der Waals surface area (Å²) in [5.74, 6) is 0. The van der Waals surface area contributed by atoms with Gasteiger partial charge in [-0.15, -0.1) is 0 Å². The molecule has 0 aliphatic rings. The van der Waals surface area contributed by atoms with E-state index in [1.54, 1.807) is 0 Å². The molecule has 0 fully saturated rings. The van der Waals surface area contributed by atoms with Crippen LogP contribution in [0.1, 0.15) is 11.3 Å². The molecule has 1 aromatic carbocycles. The number of rotatable bonds is 3. The van der Waals surface area contributed by atoms with E-state index in [-0.39, 0.29) is 5.56 Å². The minimum atomic E-state index is 0.0293. The standard InChI is InChI=1S/C17H16N4O/c1-11-16-17(22)20(10-9-12-5-7-13(18)8-6-12)15-4-2-3-14(19-11)21(15)16/h2-8H,9-10,18H2,1H3. The van der Waals surface area contributed by atoms with Gasteiger partial charge in [-0.1, -0.05) is 18.2 Å². The van der Waals surface area contributed by atoms with Crippen molar-refractivity contribution in [3.05, 3.63) is 64.1 Å². The number of benzene rings is 1. The first-order valence-corrected chi connectivity index (χ1v) is 7.29. The van der Waals surface area contributed by atoms with Crippen LogP contribution in [0.2, 0.25) is 0 Å². The number of hydrogen-bond donors (Lipinski definition) is 1. The van der Waals surface area contributed by atoms with Crippen LogP contribution in [0.3, 0.4) is 0 Å². The van der Waals surface area contributed by atoms with E-state index in [4.69, 9.17) is 5.73 Å². The van der Waals surface area contributed by atoms with Gasteiger partial charge >= 0.3 is 0 Å². The van der Waals surface area contributed by atoms with Crippen LogP contribution >= 0.6 is 0 Å². The summed E-state index contributed by atoms with van der Waals surface area (Å²) in [6.45, 7) is 2.52. The van der Waals surface area contributed by atoms with Crippen LogP contribution in [0.4, 0.5) is 5.69 Å². The molecule has 4 aromatic rings. The number of nitrogens with zero attached hydrogens (tertiary/aromatic N) is 3. The Balaban J connectivity index is 1.78. The maximum Gasteiger partial charge on any atom is 0.278 e. The van der Waals surface area contributed by atoms with Crippen LogP contribution in [0.15, 0.2) is 47.3 Å². The van der Waals surface area contributed by atoms with Crippen molar-refractivity contribution >= 4 is 22.5 Å². The minimum Gasteiger partial charge on any atom is -0.399 e. The normalized spacial score (nSPS) is 11.7. The first-order valence-electron chi connectivity index (χ1n) is 7.29. The zero-order valence-electron chi connectivity index (χ0n) is 12.3. The fourth-order valence-corrected chi connectivity index (χ4v) is 3.02. The van der Waals surface area contributed by atoms with Crippen molar-refractivity contribution in [3.63, 3.8) is 0 Å². The van der Waals surface area contributed by atoms with Gasteiger partial charge in [0.15, 0.2) is 0 Å². The first kappa shape index (κ1) is 12.9. The topological polar surface area (TPSA) is 65.3 Å². The van der Waals surface area contributed by atoms with Gasteiger partial charge in [0, 0.05) is 12.2 Å². The van der Waals surface area contributed by atoms with Gasteiger partial charge in [0.25, 0.3) is 5.56 Å². The molecule has 0 saturated carbocycles. The van der Waals surface area contributed by atoms with Gasteiger partial charge in [-0.2, -0.15) is 0 Å². The van der Waals surface area contributed by atoms with Gasteiger partial charge < -0.3 is 5.73 Å². The Bertz CT molecular complexity index is 1010.